The Hall–Kier alpha value is -5.09. The highest BCUT2D eigenvalue weighted by molar-refractivity contribution is 7.47. The topological polar surface area (TPSA) is 231 Å². The van der Waals surface area contributed by atoms with Gasteiger partial charge in [-0.3, -0.25) is 32.5 Å². The average molecular weight is 1510 g/mol. The van der Waals surface area contributed by atoms with Crippen LogP contribution in [0.25, 0.3) is 0 Å². The summed E-state index contributed by atoms with van der Waals surface area (Å²) in [6, 6.07) is 0. The minimum absolute atomic E-state index is 0.0686. The van der Waals surface area contributed by atoms with Crippen LogP contribution in [0.5, 0.6) is 0 Å². The molecule has 0 heterocycles. The summed E-state index contributed by atoms with van der Waals surface area (Å²) in [5, 5.41) is 20.7. The first-order valence-corrected chi connectivity index (χ1v) is 43.4. The van der Waals surface area contributed by atoms with E-state index >= 15 is 0 Å². The van der Waals surface area contributed by atoms with Crippen molar-refractivity contribution < 1.29 is 75.8 Å². The number of ether oxygens (including phenoxy) is 3. The molecule has 0 spiro atoms. The molecule has 5 atom stereocenters. The molecule has 0 aliphatic heterocycles. The van der Waals surface area contributed by atoms with Crippen LogP contribution in [0.4, 0.5) is 0 Å². The van der Waals surface area contributed by atoms with E-state index in [9.17, 15) is 43.5 Å². The molecule has 0 radical (unpaired) electrons. The Morgan fingerprint density at radius 1 is 0.276 bits per heavy atom. The Kier molecular flexibility index (Phi) is 74.7. The Balaban J connectivity index is 4.62. The quantitative estimate of drug-likeness (QED) is 0.0146. The van der Waals surface area contributed by atoms with Gasteiger partial charge in [0.2, 0.25) is 0 Å². The molecule has 0 saturated carbocycles. The zero-order valence-corrected chi connectivity index (χ0v) is 67.1. The molecular weight excluding hydrogens is 1360 g/mol. The maximum Gasteiger partial charge on any atom is 0.472 e. The van der Waals surface area contributed by atoms with Crippen LogP contribution in [0.1, 0.15) is 303 Å². The summed E-state index contributed by atoms with van der Waals surface area (Å²) in [5.41, 5.74) is 0. The van der Waals surface area contributed by atoms with Crippen molar-refractivity contribution in [2.24, 2.45) is 0 Å². The van der Waals surface area contributed by atoms with Gasteiger partial charge in [0.25, 0.3) is 0 Å². The zero-order valence-electron chi connectivity index (χ0n) is 65.3. The number of phosphoric ester groups is 2. The third-order valence-corrected chi connectivity index (χ3v) is 18.3. The lowest BCUT2D eigenvalue weighted by Crippen LogP contribution is -2.30. The van der Waals surface area contributed by atoms with Crippen molar-refractivity contribution in [3.05, 3.63) is 170 Å². The van der Waals surface area contributed by atoms with E-state index in [2.05, 4.69) is 191 Å². The predicted octanol–water partition coefficient (Wildman–Crippen LogP) is 24.0. The number of carbonyl (C=O) groups excluding carboxylic acids is 3. The molecule has 16 nitrogen and oxygen atoms in total. The van der Waals surface area contributed by atoms with Gasteiger partial charge in [-0.2, -0.15) is 0 Å². The van der Waals surface area contributed by atoms with Crippen molar-refractivity contribution in [3.8, 4) is 0 Å². The van der Waals surface area contributed by atoms with Crippen LogP contribution < -0.4 is 0 Å². The first-order valence-electron chi connectivity index (χ1n) is 40.4. The molecule has 0 aromatic carbocycles. The normalized spacial score (nSPS) is 14.8. The molecule has 0 fully saturated rings. The molecule has 0 aliphatic rings. The summed E-state index contributed by atoms with van der Waals surface area (Å²) in [6.07, 6.45) is 99.6. The number of allylic oxidation sites excluding steroid dienone is 28. The Morgan fingerprint density at radius 2 is 0.505 bits per heavy atom. The van der Waals surface area contributed by atoms with Crippen molar-refractivity contribution in [2.45, 2.75) is 322 Å². The largest absolute Gasteiger partial charge is 0.472 e. The number of aliphatic hydroxyl groups is 2. The van der Waals surface area contributed by atoms with Gasteiger partial charge in [0.05, 0.1) is 26.4 Å². The smallest absolute Gasteiger partial charge is 0.463 e. The fourth-order valence-corrected chi connectivity index (χ4v) is 11.9. The van der Waals surface area contributed by atoms with E-state index in [1.54, 1.807) is 0 Å². The molecule has 105 heavy (non-hydrogen) atoms. The second-order valence-electron chi connectivity index (χ2n) is 26.5. The number of hydrogen-bond donors (Lipinski definition) is 4. The van der Waals surface area contributed by atoms with Crippen LogP contribution in [-0.4, -0.2) is 95.9 Å². The van der Waals surface area contributed by atoms with Gasteiger partial charge in [-0.25, -0.2) is 9.13 Å². The summed E-state index contributed by atoms with van der Waals surface area (Å²) in [6.45, 7) is 2.37. The maximum absolute atomic E-state index is 13.0. The lowest BCUT2D eigenvalue weighted by atomic mass is 10.1. The molecule has 0 bridgehead atoms. The molecule has 0 rings (SSSR count). The number of phosphoric acid groups is 2. The Bertz CT molecular complexity index is 2590. The van der Waals surface area contributed by atoms with Gasteiger partial charge in [0.1, 0.15) is 25.4 Å². The predicted molar refractivity (Wildman–Crippen MR) is 435 cm³/mol. The van der Waals surface area contributed by atoms with Gasteiger partial charge < -0.3 is 34.2 Å². The molecule has 18 heteroatoms. The van der Waals surface area contributed by atoms with Crippen LogP contribution in [0.2, 0.25) is 0 Å². The van der Waals surface area contributed by atoms with E-state index in [4.69, 9.17) is 32.3 Å². The molecule has 0 aromatic heterocycles. The van der Waals surface area contributed by atoms with Gasteiger partial charge in [-0.1, -0.05) is 300 Å². The number of unbranched alkanes of at least 4 members (excludes halogenated alkanes) is 24. The zero-order chi connectivity index (χ0) is 76.6. The highest BCUT2D eigenvalue weighted by atomic mass is 31.2. The van der Waals surface area contributed by atoms with Gasteiger partial charge in [0.15, 0.2) is 6.10 Å². The van der Waals surface area contributed by atoms with Gasteiger partial charge in [-0.05, 0) is 154 Å². The van der Waals surface area contributed by atoms with Crippen LogP contribution in [0.3, 0.4) is 0 Å². The SMILES string of the molecule is CC/C=C\C/C=C\C/C=C\C/C=C\C/C=C\C/C=C\CCCCCCCCCCCCC(=O)OCC(O)COP(=O)(O)OCC(O)COP(=O)(O)OCC(COC(=O)CCCCCCCCC/C=C\C/C=C\C/C=C\C/C=C\CCCCC)OC(=O)CCCCCC/C=C\C/C=C\C/C=C\C/C=C\CC. The van der Waals surface area contributed by atoms with Gasteiger partial charge in [0, 0.05) is 19.3 Å². The van der Waals surface area contributed by atoms with E-state index < -0.39 is 91.5 Å². The number of hydrogen-bond acceptors (Lipinski definition) is 14. The lowest BCUT2D eigenvalue weighted by Gasteiger charge is -2.21. The molecule has 598 valence electrons. The molecule has 0 aromatic rings. The first kappa shape index (κ1) is 99.9. The van der Waals surface area contributed by atoms with Gasteiger partial charge in [-0.15, -0.1) is 0 Å². The number of aliphatic hydroxyl groups excluding tert-OH is 2. The Morgan fingerprint density at radius 3 is 0.800 bits per heavy atom. The van der Waals surface area contributed by atoms with E-state index in [0.717, 1.165) is 186 Å². The first-order chi connectivity index (χ1) is 51.2. The summed E-state index contributed by atoms with van der Waals surface area (Å²) < 4.78 is 61.2. The molecule has 0 aliphatic carbocycles. The van der Waals surface area contributed by atoms with E-state index in [0.29, 0.717) is 19.3 Å². The fourth-order valence-electron chi connectivity index (χ4n) is 10.3. The maximum atomic E-state index is 13.0. The van der Waals surface area contributed by atoms with Crippen molar-refractivity contribution in [3.63, 3.8) is 0 Å². The lowest BCUT2D eigenvalue weighted by molar-refractivity contribution is -0.161. The second-order valence-corrected chi connectivity index (χ2v) is 29.4. The van der Waals surface area contributed by atoms with Crippen molar-refractivity contribution in [1.82, 2.24) is 0 Å². The molecule has 4 N–H and O–H groups in total. The van der Waals surface area contributed by atoms with Crippen LogP contribution in [0.15, 0.2) is 170 Å². The highest BCUT2D eigenvalue weighted by Gasteiger charge is 2.29. The summed E-state index contributed by atoms with van der Waals surface area (Å²) in [7, 11) is -9.82. The standard InChI is InChI=1S/C87H144O16P2/c1-4-7-10-13-16-19-22-25-28-31-33-35-37-38-39-40-41-42-44-46-47-50-52-55-58-61-64-67-70-73-85(90)97-76-82(88)77-99-104(93,94)100-78-83(89)79-101-105(95,96)102-81-84(103-87(92)75-72-69-66-63-60-57-54-49-30-27-24-21-18-15-12-9-6-3)80-98-86(91)74-71-68-65-62-59-56-53-51-48-45-43-36-34-32-29-26-23-20-17-14-11-8-5-2/h7,9-10,12,16-21,25-30,33-36,38-39,41-42,45,48,54,57,82-84,88-89H,4-6,8,11,13-15,22-24,31-32,37,40,43-44,46-47,49-53,55-56,58-81H2,1-3H3,(H,93,94)(H,95,96)/b10-7-,12-9-,19-16-,20-17-,21-18-,28-25-,29-26-,30-27-,35-33-,36-34-,39-38-,42-41-,48-45-,57-54-. The van der Waals surface area contributed by atoms with Gasteiger partial charge >= 0.3 is 33.6 Å². The van der Waals surface area contributed by atoms with E-state index in [-0.39, 0.29) is 19.3 Å². The molecule has 0 saturated heterocycles. The third kappa shape index (κ3) is 79.8. The summed E-state index contributed by atoms with van der Waals surface area (Å²) in [5.74, 6) is -1.62. The number of carbonyl (C=O) groups is 3. The average Bonchev–Trinajstić information content (AvgIpc) is 0.941. The second kappa shape index (κ2) is 78.5. The van der Waals surface area contributed by atoms with E-state index in [1.807, 2.05) is 0 Å². The number of rotatable bonds is 75. The molecule has 5 unspecified atom stereocenters. The summed E-state index contributed by atoms with van der Waals surface area (Å²) >= 11 is 0. The minimum atomic E-state index is -4.95. The van der Waals surface area contributed by atoms with Crippen molar-refractivity contribution >= 4 is 33.6 Å². The Labute approximate surface area is 637 Å². The fraction of sp³-hybridized carbons (Fsp3) is 0.644. The van der Waals surface area contributed by atoms with E-state index in [1.165, 1.54) is 57.8 Å². The van der Waals surface area contributed by atoms with Crippen LogP contribution in [-0.2, 0) is 55.8 Å². The number of esters is 3. The van der Waals surface area contributed by atoms with Crippen LogP contribution in [0, 0.1) is 0 Å². The summed E-state index contributed by atoms with van der Waals surface area (Å²) in [4.78, 5) is 58.7. The highest BCUT2D eigenvalue weighted by Crippen LogP contribution is 2.45. The minimum Gasteiger partial charge on any atom is -0.463 e. The molecular formula is C87H144O16P2. The monoisotopic (exact) mass is 1510 g/mol. The molecule has 0 amide bonds. The van der Waals surface area contributed by atoms with Crippen molar-refractivity contribution in [2.75, 3.05) is 39.6 Å². The third-order valence-electron chi connectivity index (χ3n) is 16.4. The van der Waals surface area contributed by atoms with Crippen molar-refractivity contribution in [1.29, 1.82) is 0 Å². The van der Waals surface area contributed by atoms with Crippen LogP contribution >= 0.6 is 15.6 Å².